The second kappa shape index (κ2) is 14.7. The summed E-state index contributed by atoms with van der Waals surface area (Å²) in [6, 6.07) is 1.53. The second-order valence-corrected chi connectivity index (χ2v) is 16.4. The third kappa shape index (κ3) is 12.4. The fraction of sp³-hybridized carbons (Fsp3) is 1.00. The van der Waals surface area contributed by atoms with E-state index in [-0.39, 0.29) is 0 Å². The third-order valence-corrected chi connectivity index (χ3v) is 13.8. The van der Waals surface area contributed by atoms with E-state index in [9.17, 15) is 0 Å². The molecule has 0 aliphatic heterocycles. The molecule has 0 fully saturated rings. The lowest BCUT2D eigenvalue weighted by molar-refractivity contribution is 0.533. The highest BCUT2D eigenvalue weighted by molar-refractivity contribution is 6.83. The molecule has 0 saturated carbocycles. The molecule has 23 heavy (non-hydrogen) atoms. The lowest BCUT2D eigenvalue weighted by Gasteiger charge is -2.40. The fourth-order valence-electron chi connectivity index (χ4n) is 3.80. The summed E-state index contributed by atoms with van der Waals surface area (Å²) in [6.07, 6.45) is 17.3. The Balaban J connectivity index is 4.02. The van der Waals surface area contributed by atoms with Gasteiger partial charge < -0.3 is 4.23 Å². The quantitative estimate of drug-likeness (QED) is 0.208. The van der Waals surface area contributed by atoms with Gasteiger partial charge in [0.05, 0.1) is 8.96 Å². The van der Waals surface area contributed by atoms with Crippen molar-refractivity contribution in [2.45, 2.75) is 123 Å². The van der Waals surface area contributed by atoms with Gasteiger partial charge in [0.2, 0.25) is 0 Å². The van der Waals surface area contributed by atoms with Crippen molar-refractivity contribution in [1.29, 1.82) is 0 Å². The van der Waals surface area contributed by atoms with Crippen LogP contribution in [0.1, 0.15) is 90.9 Å². The van der Waals surface area contributed by atoms with Gasteiger partial charge in [0, 0.05) is 0 Å². The van der Waals surface area contributed by atoms with Crippen molar-refractivity contribution in [3.8, 4) is 0 Å². The SMILES string of the molecule is CCCCCCCCN([SiH](C)C)[Si](C)(C)CCCCCCCC. The van der Waals surface area contributed by atoms with E-state index in [1.54, 1.807) is 0 Å². The summed E-state index contributed by atoms with van der Waals surface area (Å²) in [6.45, 7) is 16.4. The van der Waals surface area contributed by atoms with E-state index in [2.05, 4.69) is 44.3 Å². The minimum atomic E-state index is -1.14. The monoisotopic (exact) mass is 357 g/mol. The summed E-state index contributed by atoms with van der Waals surface area (Å²) in [5.41, 5.74) is 0. The van der Waals surface area contributed by atoms with E-state index in [4.69, 9.17) is 0 Å². The molecule has 140 valence electrons. The topological polar surface area (TPSA) is 3.24 Å². The van der Waals surface area contributed by atoms with Crippen LogP contribution in [-0.4, -0.2) is 28.0 Å². The Morgan fingerprint density at radius 1 is 0.652 bits per heavy atom. The van der Waals surface area contributed by atoms with E-state index in [1.165, 1.54) is 89.6 Å². The molecule has 1 nitrogen and oxygen atoms in total. The third-order valence-electron chi connectivity index (χ3n) is 5.30. The van der Waals surface area contributed by atoms with Crippen molar-refractivity contribution >= 4 is 17.2 Å². The summed E-state index contributed by atoms with van der Waals surface area (Å²) in [7, 11) is -1.79. The van der Waals surface area contributed by atoms with Gasteiger partial charge in [0.15, 0.2) is 0 Å². The predicted molar refractivity (Wildman–Crippen MR) is 115 cm³/mol. The van der Waals surface area contributed by atoms with E-state index in [0.29, 0.717) is 0 Å². The summed E-state index contributed by atoms with van der Waals surface area (Å²) in [5, 5.41) is 0. The smallest absolute Gasteiger partial charge is 0.115 e. The van der Waals surface area contributed by atoms with Gasteiger partial charge >= 0.3 is 0 Å². The Kier molecular flexibility index (Phi) is 15.0. The van der Waals surface area contributed by atoms with Crippen LogP contribution in [0.4, 0.5) is 0 Å². The number of nitrogens with zero attached hydrogens (tertiary/aromatic N) is 1. The van der Waals surface area contributed by atoms with Crippen molar-refractivity contribution in [2.24, 2.45) is 0 Å². The van der Waals surface area contributed by atoms with Crippen LogP contribution in [0.2, 0.25) is 32.2 Å². The van der Waals surface area contributed by atoms with Gasteiger partial charge in [-0.25, -0.2) is 0 Å². The highest BCUT2D eigenvalue weighted by Gasteiger charge is 2.30. The second-order valence-electron chi connectivity index (χ2n) is 8.39. The maximum absolute atomic E-state index is 3.04. The normalized spacial score (nSPS) is 12.5. The number of hydrogen-bond acceptors (Lipinski definition) is 1. The Bertz CT molecular complexity index is 254. The maximum atomic E-state index is 3.04. The molecule has 0 radical (unpaired) electrons. The molecular formula is C20H47NSi2. The first-order valence-electron chi connectivity index (χ1n) is 10.7. The lowest BCUT2D eigenvalue weighted by Crippen LogP contribution is -2.54. The van der Waals surface area contributed by atoms with Crippen LogP contribution in [-0.2, 0) is 0 Å². The summed E-state index contributed by atoms with van der Waals surface area (Å²) in [4.78, 5) is 0. The van der Waals surface area contributed by atoms with E-state index in [0.717, 1.165) is 0 Å². The summed E-state index contributed by atoms with van der Waals surface area (Å²) >= 11 is 0. The first kappa shape index (κ1) is 23.4. The van der Waals surface area contributed by atoms with Gasteiger partial charge in [0.25, 0.3) is 0 Å². The zero-order valence-corrected chi connectivity index (χ0v) is 19.6. The van der Waals surface area contributed by atoms with Crippen LogP contribution in [0.25, 0.3) is 0 Å². The molecule has 0 rings (SSSR count). The van der Waals surface area contributed by atoms with Crippen LogP contribution < -0.4 is 0 Å². The van der Waals surface area contributed by atoms with Crippen LogP contribution in [0.15, 0.2) is 0 Å². The maximum Gasteiger partial charge on any atom is 0.115 e. The number of rotatable bonds is 16. The first-order chi connectivity index (χ1) is 11.0. The molecule has 0 aromatic heterocycles. The Labute approximate surface area is 151 Å². The van der Waals surface area contributed by atoms with Gasteiger partial charge in [-0.3, -0.25) is 0 Å². The zero-order chi connectivity index (χ0) is 17.6. The first-order valence-corrected chi connectivity index (χ1v) is 16.7. The highest BCUT2D eigenvalue weighted by atomic mass is 28.4. The number of hydrogen-bond donors (Lipinski definition) is 0. The van der Waals surface area contributed by atoms with Crippen LogP contribution in [0, 0.1) is 0 Å². The molecule has 0 aromatic carbocycles. The molecule has 0 saturated heterocycles. The molecule has 0 aliphatic rings. The van der Waals surface area contributed by atoms with Gasteiger partial charge in [-0.2, -0.15) is 0 Å². The molecule has 0 aliphatic carbocycles. The molecule has 0 spiro atoms. The van der Waals surface area contributed by atoms with Crippen molar-refractivity contribution < 1.29 is 0 Å². The summed E-state index contributed by atoms with van der Waals surface area (Å²) < 4.78 is 3.04. The summed E-state index contributed by atoms with van der Waals surface area (Å²) in [5.74, 6) is 0. The Hall–Kier alpha value is 0.394. The molecule has 3 heteroatoms. The van der Waals surface area contributed by atoms with Gasteiger partial charge in [-0.05, 0) is 19.0 Å². The van der Waals surface area contributed by atoms with Crippen molar-refractivity contribution in [3.63, 3.8) is 0 Å². The molecule has 0 aromatic rings. The fourth-order valence-corrected chi connectivity index (χ4v) is 12.6. The minimum absolute atomic E-state index is 0.650. The van der Waals surface area contributed by atoms with E-state index in [1.807, 2.05) is 0 Å². The molecule has 0 amide bonds. The molecular weight excluding hydrogens is 310 g/mol. The molecule has 0 atom stereocenters. The van der Waals surface area contributed by atoms with Crippen molar-refractivity contribution in [2.75, 3.05) is 6.54 Å². The average Bonchev–Trinajstić information content (AvgIpc) is 2.49. The van der Waals surface area contributed by atoms with Crippen LogP contribution >= 0.6 is 0 Å². The van der Waals surface area contributed by atoms with Crippen molar-refractivity contribution in [1.82, 2.24) is 4.23 Å². The Morgan fingerprint density at radius 2 is 1.09 bits per heavy atom. The minimum Gasteiger partial charge on any atom is -0.348 e. The zero-order valence-electron chi connectivity index (χ0n) is 17.4. The van der Waals surface area contributed by atoms with Crippen LogP contribution in [0.3, 0.4) is 0 Å². The largest absolute Gasteiger partial charge is 0.348 e. The van der Waals surface area contributed by atoms with Gasteiger partial charge in [-0.1, -0.05) is 111 Å². The number of unbranched alkanes of at least 4 members (excludes halogenated alkanes) is 10. The molecule has 0 unspecified atom stereocenters. The molecule has 0 heterocycles. The Morgan fingerprint density at radius 3 is 1.57 bits per heavy atom. The molecule has 0 N–H and O–H groups in total. The van der Waals surface area contributed by atoms with Crippen LogP contribution in [0.5, 0.6) is 0 Å². The van der Waals surface area contributed by atoms with Crippen molar-refractivity contribution in [3.05, 3.63) is 0 Å². The highest BCUT2D eigenvalue weighted by Crippen LogP contribution is 2.22. The van der Waals surface area contributed by atoms with Gasteiger partial charge in [-0.15, -0.1) is 0 Å². The van der Waals surface area contributed by atoms with Gasteiger partial charge in [0.1, 0.15) is 8.24 Å². The standard InChI is InChI=1S/C20H47NSi2/c1-7-9-11-13-15-17-19-21(22(3)4)23(5,6)20-18-16-14-12-10-8-2/h22H,7-20H2,1-6H3. The lowest BCUT2D eigenvalue weighted by atomic mass is 10.1. The van der Waals surface area contributed by atoms with E-state index < -0.39 is 17.2 Å². The predicted octanol–water partition coefficient (Wildman–Crippen LogP) is 7.20. The van der Waals surface area contributed by atoms with E-state index >= 15 is 0 Å². The average molecular weight is 358 g/mol. The molecule has 0 bridgehead atoms.